The van der Waals surface area contributed by atoms with Gasteiger partial charge in [-0.15, -0.1) is 11.3 Å². The van der Waals surface area contributed by atoms with E-state index in [1.807, 2.05) is 17.5 Å². The van der Waals surface area contributed by atoms with Crippen molar-refractivity contribution in [3.8, 4) is 10.7 Å². The average Bonchev–Trinajstić information content (AvgIpc) is 2.95. The average molecular weight is 247 g/mol. The second-order valence-electron chi connectivity index (χ2n) is 4.18. The number of carbonyl (C=O) groups is 1. The molecule has 2 N–H and O–H groups in total. The molecule has 1 aliphatic rings. The predicted molar refractivity (Wildman–Crippen MR) is 67.0 cm³/mol. The summed E-state index contributed by atoms with van der Waals surface area (Å²) in [6, 6.07) is 4.02. The van der Waals surface area contributed by atoms with E-state index in [9.17, 15) is 4.79 Å². The molecule has 0 saturated carbocycles. The quantitative estimate of drug-likeness (QED) is 0.882. The number of carbonyl (C=O) groups excluding carboxylic acids is 1. The predicted octanol–water partition coefficient (Wildman–Crippen LogP) is 2.05. The highest BCUT2D eigenvalue weighted by Crippen LogP contribution is 2.29. The Labute approximate surface area is 103 Å². The Balaban J connectivity index is 2.19. The molecule has 3 rings (SSSR count). The summed E-state index contributed by atoms with van der Waals surface area (Å²) in [5, 5.41) is 2.02. The van der Waals surface area contributed by atoms with Crippen molar-refractivity contribution in [1.82, 2.24) is 9.55 Å². The van der Waals surface area contributed by atoms with Crippen LogP contribution in [0.3, 0.4) is 0 Å². The first kappa shape index (κ1) is 10.5. The smallest absolute Gasteiger partial charge is 0.269 e. The molecule has 1 aliphatic heterocycles. The van der Waals surface area contributed by atoms with Crippen LogP contribution in [0.5, 0.6) is 0 Å². The Bertz CT molecular complexity index is 557. The van der Waals surface area contributed by atoms with Gasteiger partial charge in [-0.3, -0.25) is 4.79 Å². The molecule has 0 spiro atoms. The van der Waals surface area contributed by atoms with Crippen LogP contribution in [-0.2, 0) is 13.0 Å². The van der Waals surface area contributed by atoms with E-state index in [0.29, 0.717) is 5.69 Å². The Morgan fingerprint density at radius 3 is 3.06 bits per heavy atom. The van der Waals surface area contributed by atoms with E-state index in [0.717, 1.165) is 42.2 Å². The van der Waals surface area contributed by atoms with E-state index in [4.69, 9.17) is 5.73 Å². The highest BCUT2D eigenvalue weighted by Gasteiger charge is 2.23. The normalized spacial score (nSPS) is 14.6. The van der Waals surface area contributed by atoms with E-state index in [1.54, 1.807) is 11.3 Å². The highest BCUT2D eigenvalue weighted by molar-refractivity contribution is 7.13. The Morgan fingerprint density at radius 2 is 2.35 bits per heavy atom. The van der Waals surface area contributed by atoms with E-state index in [2.05, 4.69) is 9.55 Å². The van der Waals surface area contributed by atoms with Gasteiger partial charge in [0.15, 0.2) is 5.82 Å². The van der Waals surface area contributed by atoms with Crippen molar-refractivity contribution in [2.75, 3.05) is 0 Å². The minimum atomic E-state index is -0.418. The lowest BCUT2D eigenvalue weighted by molar-refractivity contribution is 0.0994. The van der Waals surface area contributed by atoms with Crippen molar-refractivity contribution in [3.63, 3.8) is 0 Å². The summed E-state index contributed by atoms with van der Waals surface area (Å²) in [4.78, 5) is 16.9. The first-order valence-corrected chi connectivity index (χ1v) is 6.58. The van der Waals surface area contributed by atoms with Crippen LogP contribution in [0, 0.1) is 0 Å². The molecule has 0 atom stereocenters. The molecule has 0 aromatic carbocycles. The molecule has 0 radical (unpaired) electrons. The third-order valence-corrected chi connectivity index (χ3v) is 3.96. The number of imidazole rings is 1. The minimum absolute atomic E-state index is 0.418. The summed E-state index contributed by atoms with van der Waals surface area (Å²) in [6.07, 6.45) is 3.15. The Morgan fingerprint density at radius 1 is 1.47 bits per heavy atom. The molecule has 4 nitrogen and oxygen atoms in total. The van der Waals surface area contributed by atoms with E-state index >= 15 is 0 Å². The van der Waals surface area contributed by atoms with Crippen LogP contribution in [0.25, 0.3) is 10.7 Å². The lowest BCUT2D eigenvalue weighted by Crippen LogP contribution is -2.17. The fourth-order valence-electron chi connectivity index (χ4n) is 2.33. The number of primary amides is 1. The van der Waals surface area contributed by atoms with Crippen molar-refractivity contribution in [1.29, 1.82) is 0 Å². The zero-order valence-electron chi connectivity index (χ0n) is 9.35. The van der Waals surface area contributed by atoms with Gasteiger partial charge in [0.25, 0.3) is 5.91 Å². The van der Waals surface area contributed by atoms with Gasteiger partial charge in [-0.1, -0.05) is 6.07 Å². The van der Waals surface area contributed by atoms with Gasteiger partial charge < -0.3 is 10.3 Å². The largest absolute Gasteiger partial charge is 0.364 e. The highest BCUT2D eigenvalue weighted by atomic mass is 32.1. The second kappa shape index (κ2) is 4.00. The minimum Gasteiger partial charge on any atom is -0.364 e. The molecule has 0 bridgehead atoms. The number of nitrogens with zero attached hydrogens (tertiary/aromatic N) is 2. The van der Waals surface area contributed by atoms with Crippen molar-refractivity contribution in [2.24, 2.45) is 5.73 Å². The van der Waals surface area contributed by atoms with Crippen LogP contribution in [-0.4, -0.2) is 15.5 Å². The SMILES string of the molecule is NC(=O)c1nc(-c2cccs2)n2c1CCCC2. The number of hydrogen-bond acceptors (Lipinski definition) is 3. The number of fused-ring (bicyclic) bond motifs is 1. The van der Waals surface area contributed by atoms with Gasteiger partial charge >= 0.3 is 0 Å². The number of amides is 1. The summed E-state index contributed by atoms with van der Waals surface area (Å²) < 4.78 is 2.15. The maximum atomic E-state index is 11.4. The zero-order chi connectivity index (χ0) is 11.8. The molecule has 0 saturated heterocycles. The fraction of sp³-hybridized carbons (Fsp3) is 0.333. The second-order valence-corrected chi connectivity index (χ2v) is 5.13. The van der Waals surface area contributed by atoms with E-state index in [-0.39, 0.29) is 0 Å². The number of thiophene rings is 1. The lowest BCUT2D eigenvalue weighted by Gasteiger charge is -2.16. The molecule has 0 aliphatic carbocycles. The molecule has 1 amide bonds. The maximum absolute atomic E-state index is 11.4. The van der Waals surface area contributed by atoms with Crippen molar-refractivity contribution in [3.05, 3.63) is 28.9 Å². The Hall–Kier alpha value is -1.62. The topological polar surface area (TPSA) is 60.9 Å². The summed E-state index contributed by atoms with van der Waals surface area (Å²) in [5.74, 6) is 0.474. The third kappa shape index (κ3) is 1.67. The monoisotopic (exact) mass is 247 g/mol. The molecule has 0 fully saturated rings. The van der Waals surface area contributed by atoms with E-state index < -0.39 is 5.91 Å². The van der Waals surface area contributed by atoms with Gasteiger partial charge in [-0.2, -0.15) is 0 Å². The van der Waals surface area contributed by atoms with Crippen LogP contribution < -0.4 is 5.73 Å². The zero-order valence-corrected chi connectivity index (χ0v) is 10.2. The van der Waals surface area contributed by atoms with Gasteiger partial charge in [0.1, 0.15) is 5.69 Å². The van der Waals surface area contributed by atoms with Gasteiger partial charge in [0.05, 0.1) is 10.6 Å². The number of rotatable bonds is 2. The summed E-state index contributed by atoms with van der Waals surface area (Å²) >= 11 is 1.64. The van der Waals surface area contributed by atoms with Gasteiger partial charge in [0, 0.05) is 6.54 Å². The van der Waals surface area contributed by atoms with Crippen LogP contribution in [0.1, 0.15) is 29.0 Å². The molecule has 17 heavy (non-hydrogen) atoms. The molecule has 3 heterocycles. The molecule has 5 heteroatoms. The Kier molecular flexibility index (Phi) is 2.48. The summed E-state index contributed by atoms with van der Waals surface area (Å²) in [7, 11) is 0. The molecule has 88 valence electrons. The van der Waals surface area contributed by atoms with Crippen molar-refractivity contribution in [2.45, 2.75) is 25.8 Å². The van der Waals surface area contributed by atoms with Gasteiger partial charge in [0.2, 0.25) is 0 Å². The number of nitrogens with two attached hydrogens (primary N) is 1. The van der Waals surface area contributed by atoms with Crippen LogP contribution in [0.2, 0.25) is 0 Å². The summed E-state index contributed by atoms with van der Waals surface area (Å²) in [5.41, 5.74) is 6.85. The van der Waals surface area contributed by atoms with Crippen LogP contribution in [0.4, 0.5) is 0 Å². The van der Waals surface area contributed by atoms with E-state index in [1.165, 1.54) is 0 Å². The van der Waals surface area contributed by atoms with Crippen molar-refractivity contribution < 1.29 is 4.79 Å². The molecule has 2 aromatic heterocycles. The van der Waals surface area contributed by atoms with Gasteiger partial charge in [-0.05, 0) is 30.7 Å². The molecule has 2 aromatic rings. The third-order valence-electron chi connectivity index (χ3n) is 3.09. The molecular formula is C12H13N3OS. The first-order valence-electron chi connectivity index (χ1n) is 5.70. The number of aromatic nitrogens is 2. The fourth-order valence-corrected chi connectivity index (χ4v) is 3.06. The van der Waals surface area contributed by atoms with Gasteiger partial charge in [-0.25, -0.2) is 4.98 Å². The first-order chi connectivity index (χ1) is 8.27. The maximum Gasteiger partial charge on any atom is 0.269 e. The standard InChI is InChI=1S/C12H13N3OS/c13-11(16)10-8-4-1-2-6-15(8)12(14-10)9-5-3-7-17-9/h3,5,7H,1-2,4,6H2,(H2,13,16). The molecule has 0 unspecified atom stereocenters. The van der Waals surface area contributed by atoms with Crippen LogP contribution >= 0.6 is 11.3 Å². The lowest BCUT2D eigenvalue weighted by atomic mass is 10.1. The van der Waals surface area contributed by atoms with Crippen LogP contribution in [0.15, 0.2) is 17.5 Å². The number of hydrogen-bond donors (Lipinski definition) is 1. The summed E-state index contributed by atoms with van der Waals surface area (Å²) in [6.45, 7) is 0.933. The molecular weight excluding hydrogens is 234 g/mol. The van der Waals surface area contributed by atoms with Crippen molar-refractivity contribution >= 4 is 17.2 Å².